The summed E-state index contributed by atoms with van der Waals surface area (Å²) in [6.45, 7) is 8.36. The highest BCUT2D eigenvalue weighted by Crippen LogP contribution is 2.37. The van der Waals surface area contributed by atoms with Gasteiger partial charge in [-0.05, 0) is 39.2 Å². The van der Waals surface area contributed by atoms with Crippen molar-refractivity contribution in [3.63, 3.8) is 0 Å². The van der Waals surface area contributed by atoms with Crippen molar-refractivity contribution in [3.8, 4) is 0 Å². The number of aryl methyl sites for hydroxylation is 1. The summed E-state index contributed by atoms with van der Waals surface area (Å²) in [4.78, 5) is 14.4. The van der Waals surface area contributed by atoms with Crippen LogP contribution in [0.1, 0.15) is 38.5 Å². The molecule has 108 valence electrons. The van der Waals surface area contributed by atoms with E-state index in [1.165, 1.54) is 23.1 Å². The Balaban J connectivity index is 2.12. The van der Waals surface area contributed by atoms with Crippen LogP contribution in [-0.4, -0.2) is 29.1 Å². The summed E-state index contributed by atoms with van der Waals surface area (Å²) >= 11 is 1.79. The molecular formula is C15H22N4S. The van der Waals surface area contributed by atoms with Gasteiger partial charge in [-0.3, -0.25) is 0 Å². The molecule has 0 aliphatic heterocycles. The molecule has 0 radical (unpaired) electrons. The number of nitrogens with zero attached hydrogens (tertiary/aromatic N) is 3. The maximum absolute atomic E-state index is 4.78. The first kappa shape index (κ1) is 13.6. The van der Waals surface area contributed by atoms with Gasteiger partial charge in [-0.15, -0.1) is 11.3 Å². The molecule has 3 rings (SSSR count). The molecule has 2 aromatic rings. The summed E-state index contributed by atoms with van der Waals surface area (Å²) in [5.41, 5.74) is 0. The highest BCUT2D eigenvalue weighted by molar-refractivity contribution is 7.18. The molecule has 1 aliphatic carbocycles. The minimum Gasteiger partial charge on any atom is -0.354 e. The van der Waals surface area contributed by atoms with Crippen LogP contribution in [0.25, 0.3) is 10.2 Å². The molecule has 0 atom stereocenters. The second-order valence-corrected chi connectivity index (χ2v) is 6.32. The number of anilines is 2. The fraction of sp³-hybridized carbons (Fsp3) is 0.600. The molecule has 4 nitrogen and oxygen atoms in total. The van der Waals surface area contributed by atoms with Gasteiger partial charge in [0.25, 0.3) is 0 Å². The topological polar surface area (TPSA) is 41.1 Å². The molecule has 1 fully saturated rings. The summed E-state index contributed by atoms with van der Waals surface area (Å²) in [6, 6.07) is 2.95. The fourth-order valence-corrected chi connectivity index (χ4v) is 3.52. The van der Waals surface area contributed by atoms with Gasteiger partial charge in [-0.2, -0.15) is 4.98 Å². The highest BCUT2D eigenvalue weighted by Gasteiger charge is 2.30. The lowest BCUT2D eigenvalue weighted by molar-refractivity contribution is 0.812. The third-order valence-corrected chi connectivity index (χ3v) is 4.88. The lowest BCUT2D eigenvalue weighted by Gasteiger charge is -2.22. The lowest BCUT2D eigenvalue weighted by Crippen LogP contribution is -2.26. The molecule has 0 aromatic carbocycles. The predicted molar refractivity (Wildman–Crippen MR) is 87.0 cm³/mol. The van der Waals surface area contributed by atoms with Gasteiger partial charge in [0.15, 0.2) is 0 Å². The first-order valence-electron chi connectivity index (χ1n) is 7.57. The summed E-state index contributed by atoms with van der Waals surface area (Å²) < 4.78 is 0. The van der Waals surface area contributed by atoms with Gasteiger partial charge >= 0.3 is 0 Å². The molecule has 1 saturated carbocycles. The van der Waals surface area contributed by atoms with Crippen molar-refractivity contribution in [1.82, 2.24) is 9.97 Å². The van der Waals surface area contributed by atoms with Crippen LogP contribution in [0.2, 0.25) is 0 Å². The monoisotopic (exact) mass is 290 g/mol. The van der Waals surface area contributed by atoms with Crippen LogP contribution in [-0.2, 0) is 6.42 Å². The molecule has 20 heavy (non-hydrogen) atoms. The van der Waals surface area contributed by atoms with Gasteiger partial charge in [0.2, 0.25) is 5.95 Å². The number of nitrogens with one attached hydrogen (secondary N) is 1. The van der Waals surface area contributed by atoms with Crippen LogP contribution in [0.3, 0.4) is 0 Å². The normalized spacial score (nSPS) is 14.8. The van der Waals surface area contributed by atoms with E-state index >= 15 is 0 Å². The summed E-state index contributed by atoms with van der Waals surface area (Å²) in [6.07, 6.45) is 3.65. The number of fused-ring (bicyclic) bond motifs is 1. The summed E-state index contributed by atoms with van der Waals surface area (Å²) in [7, 11) is 0. The molecule has 0 amide bonds. The van der Waals surface area contributed by atoms with Crippen LogP contribution >= 0.6 is 11.3 Å². The van der Waals surface area contributed by atoms with Gasteiger partial charge in [-0.1, -0.05) is 6.92 Å². The Morgan fingerprint density at radius 1 is 1.30 bits per heavy atom. The van der Waals surface area contributed by atoms with Gasteiger partial charge in [0.1, 0.15) is 10.6 Å². The SMILES string of the molecule is CCNc1nc(N(CC)C2CC2)c2cc(CC)sc2n1. The number of hydrogen-bond acceptors (Lipinski definition) is 5. The molecule has 2 heterocycles. The number of thiophene rings is 1. The van der Waals surface area contributed by atoms with Crippen molar-refractivity contribution < 1.29 is 0 Å². The molecule has 2 aromatic heterocycles. The van der Waals surface area contributed by atoms with Crippen molar-refractivity contribution in [2.75, 3.05) is 23.3 Å². The van der Waals surface area contributed by atoms with Crippen molar-refractivity contribution in [2.45, 2.75) is 46.1 Å². The number of aromatic nitrogens is 2. The Kier molecular flexibility index (Phi) is 3.78. The molecule has 0 bridgehead atoms. The summed E-state index contributed by atoms with van der Waals surface area (Å²) in [5, 5.41) is 4.49. The minimum atomic E-state index is 0.678. The highest BCUT2D eigenvalue weighted by atomic mass is 32.1. The second kappa shape index (κ2) is 5.56. The van der Waals surface area contributed by atoms with E-state index in [0.717, 1.165) is 36.1 Å². The van der Waals surface area contributed by atoms with E-state index < -0.39 is 0 Å². The number of rotatable bonds is 6. The van der Waals surface area contributed by atoms with E-state index in [0.29, 0.717) is 6.04 Å². The molecule has 1 aliphatic rings. The predicted octanol–water partition coefficient (Wildman–Crippen LogP) is 3.67. The van der Waals surface area contributed by atoms with Gasteiger partial charge in [0, 0.05) is 24.0 Å². The Morgan fingerprint density at radius 3 is 2.70 bits per heavy atom. The van der Waals surface area contributed by atoms with Gasteiger partial charge < -0.3 is 10.2 Å². The molecule has 0 saturated heterocycles. The van der Waals surface area contributed by atoms with Crippen molar-refractivity contribution in [1.29, 1.82) is 0 Å². The zero-order valence-electron chi connectivity index (χ0n) is 12.4. The zero-order chi connectivity index (χ0) is 14.1. The molecule has 1 N–H and O–H groups in total. The Labute approximate surface area is 124 Å². The fourth-order valence-electron chi connectivity index (χ4n) is 2.55. The van der Waals surface area contributed by atoms with Crippen LogP contribution < -0.4 is 10.2 Å². The Hall–Kier alpha value is -1.36. The van der Waals surface area contributed by atoms with Crippen LogP contribution in [0.5, 0.6) is 0 Å². The third-order valence-electron chi connectivity index (χ3n) is 3.71. The molecule has 0 unspecified atom stereocenters. The van der Waals surface area contributed by atoms with E-state index in [-0.39, 0.29) is 0 Å². The first-order valence-corrected chi connectivity index (χ1v) is 8.39. The van der Waals surface area contributed by atoms with Gasteiger partial charge in [0.05, 0.1) is 5.39 Å². The number of hydrogen-bond donors (Lipinski definition) is 1. The lowest BCUT2D eigenvalue weighted by atomic mass is 10.3. The molecular weight excluding hydrogens is 268 g/mol. The van der Waals surface area contributed by atoms with Crippen molar-refractivity contribution in [2.24, 2.45) is 0 Å². The molecule has 5 heteroatoms. The van der Waals surface area contributed by atoms with E-state index in [1.54, 1.807) is 11.3 Å². The molecule has 0 spiro atoms. The first-order chi connectivity index (χ1) is 9.76. The third kappa shape index (κ3) is 2.46. The maximum Gasteiger partial charge on any atom is 0.226 e. The van der Waals surface area contributed by atoms with Crippen molar-refractivity contribution in [3.05, 3.63) is 10.9 Å². The average Bonchev–Trinajstić information content (AvgIpc) is 3.18. The van der Waals surface area contributed by atoms with Crippen molar-refractivity contribution >= 4 is 33.3 Å². The standard InChI is InChI=1S/C15H22N4S/c1-4-11-9-12-13(19(6-3)10-7-8-10)17-15(16-5-2)18-14(12)20-11/h9-10H,4-8H2,1-3H3,(H,16,17,18). The van der Waals surface area contributed by atoms with Gasteiger partial charge in [-0.25, -0.2) is 4.98 Å². The van der Waals surface area contributed by atoms with E-state index in [2.05, 4.69) is 42.0 Å². The second-order valence-electron chi connectivity index (χ2n) is 5.20. The van der Waals surface area contributed by atoms with Crippen LogP contribution in [0.15, 0.2) is 6.07 Å². The Morgan fingerprint density at radius 2 is 2.10 bits per heavy atom. The van der Waals surface area contributed by atoms with E-state index in [9.17, 15) is 0 Å². The summed E-state index contributed by atoms with van der Waals surface area (Å²) in [5.74, 6) is 1.88. The zero-order valence-corrected chi connectivity index (χ0v) is 13.3. The van der Waals surface area contributed by atoms with E-state index in [1.807, 2.05) is 0 Å². The maximum atomic E-state index is 4.78. The minimum absolute atomic E-state index is 0.678. The van der Waals surface area contributed by atoms with E-state index in [4.69, 9.17) is 4.98 Å². The quantitative estimate of drug-likeness (QED) is 0.881. The largest absolute Gasteiger partial charge is 0.354 e. The van der Waals surface area contributed by atoms with Crippen LogP contribution in [0, 0.1) is 0 Å². The van der Waals surface area contributed by atoms with Crippen LogP contribution in [0.4, 0.5) is 11.8 Å². The Bertz CT molecular complexity index is 603. The smallest absolute Gasteiger partial charge is 0.226 e. The average molecular weight is 290 g/mol.